The highest BCUT2D eigenvalue weighted by Gasteiger charge is 2.39. The fourth-order valence-corrected chi connectivity index (χ4v) is 3.41. The Morgan fingerprint density at radius 3 is 2.71 bits per heavy atom. The van der Waals surface area contributed by atoms with Crippen LogP contribution in [0.4, 0.5) is 5.69 Å². The Morgan fingerprint density at radius 1 is 1.18 bits per heavy atom. The largest absolute Gasteiger partial charge is 0.381 e. The monoisotopic (exact) mass is 231 g/mol. The molecule has 0 aromatic heterocycles. The predicted octanol–water partition coefficient (Wildman–Crippen LogP) is 2.96. The summed E-state index contributed by atoms with van der Waals surface area (Å²) in [7, 11) is 0. The van der Waals surface area contributed by atoms with Crippen molar-refractivity contribution >= 4 is 5.69 Å². The van der Waals surface area contributed by atoms with Gasteiger partial charge >= 0.3 is 0 Å². The molecular formula is C15H21NO. The van der Waals surface area contributed by atoms with E-state index in [0.717, 1.165) is 19.8 Å². The van der Waals surface area contributed by atoms with Crippen LogP contribution in [0.1, 0.15) is 31.7 Å². The lowest BCUT2D eigenvalue weighted by molar-refractivity contribution is 0.0460. The van der Waals surface area contributed by atoms with Gasteiger partial charge in [0.05, 0.1) is 0 Å². The van der Waals surface area contributed by atoms with Gasteiger partial charge in [0.1, 0.15) is 0 Å². The van der Waals surface area contributed by atoms with E-state index in [-0.39, 0.29) is 0 Å². The van der Waals surface area contributed by atoms with Crippen LogP contribution < -0.4 is 4.90 Å². The fourth-order valence-electron chi connectivity index (χ4n) is 3.41. The van der Waals surface area contributed by atoms with Gasteiger partial charge in [0, 0.05) is 37.4 Å². The molecule has 2 nitrogen and oxygen atoms in total. The van der Waals surface area contributed by atoms with Gasteiger partial charge in [-0.05, 0) is 37.8 Å². The Morgan fingerprint density at radius 2 is 1.94 bits per heavy atom. The molecule has 0 unspecified atom stereocenters. The van der Waals surface area contributed by atoms with E-state index in [1.54, 1.807) is 5.56 Å². The first-order valence-corrected chi connectivity index (χ1v) is 6.78. The zero-order valence-corrected chi connectivity index (χ0v) is 10.6. The summed E-state index contributed by atoms with van der Waals surface area (Å²) in [6.45, 7) is 6.43. The standard InChI is InChI=1S/C15H21NO/c1-2-16-10-7-15(8-11-17-12-9-15)13-5-3-4-6-14(13)16/h3-6H,2,7-12H2,1H3. The van der Waals surface area contributed by atoms with Crippen LogP contribution in [0, 0.1) is 0 Å². The average molecular weight is 231 g/mol. The van der Waals surface area contributed by atoms with E-state index in [4.69, 9.17) is 4.74 Å². The molecule has 0 bridgehead atoms. The zero-order valence-electron chi connectivity index (χ0n) is 10.6. The van der Waals surface area contributed by atoms with Crippen molar-refractivity contribution in [3.63, 3.8) is 0 Å². The van der Waals surface area contributed by atoms with E-state index in [1.165, 1.54) is 31.5 Å². The molecule has 0 saturated carbocycles. The molecule has 2 heterocycles. The number of rotatable bonds is 1. The molecule has 0 amide bonds. The van der Waals surface area contributed by atoms with Gasteiger partial charge in [0.2, 0.25) is 0 Å². The third kappa shape index (κ3) is 1.75. The molecule has 1 spiro atoms. The molecule has 0 N–H and O–H groups in total. The van der Waals surface area contributed by atoms with E-state index in [2.05, 4.69) is 36.1 Å². The molecule has 0 aliphatic carbocycles. The molecule has 1 aromatic carbocycles. The molecule has 3 rings (SSSR count). The smallest absolute Gasteiger partial charge is 0.0474 e. The van der Waals surface area contributed by atoms with Crippen LogP contribution in [0.5, 0.6) is 0 Å². The number of ether oxygens (including phenoxy) is 1. The fraction of sp³-hybridized carbons (Fsp3) is 0.600. The second kappa shape index (κ2) is 4.34. The first-order valence-electron chi connectivity index (χ1n) is 6.78. The number of para-hydroxylation sites is 1. The van der Waals surface area contributed by atoms with Gasteiger partial charge in [-0.15, -0.1) is 0 Å². The van der Waals surface area contributed by atoms with Gasteiger partial charge in [-0.2, -0.15) is 0 Å². The number of anilines is 1. The normalized spacial score (nSPS) is 22.5. The summed E-state index contributed by atoms with van der Waals surface area (Å²) in [6.07, 6.45) is 3.68. The highest BCUT2D eigenvalue weighted by molar-refractivity contribution is 5.59. The highest BCUT2D eigenvalue weighted by atomic mass is 16.5. The summed E-state index contributed by atoms with van der Waals surface area (Å²) in [5, 5.41) is 0. The quantitative estimate of drug-likeness (QED) is 0.737. The Balaban J connectivity index is 2.03. The van der Waals surface area contributed by atoms with E-state index >= 15 is 0 Å². The minimum absolute atomic E-state index is 0.403. The summed E-state index contributed by atoms with van der Waals surface area (Å²) >= 11 is 0. The molecule has 1 aromatic rings. The van der Waals surface area contributed by atoms with Crippen molar-refractivity contribution in [2.24, 2.45) is 0 Å². The van der Waals surface area contributed by atoms with Crippen molar-refractivity contribution in [1.82, 2.24) is 0 Å². The summed E-state index contributed by atoms with van der Waals surface area (Å²) in [5.74, 6) is 0. The molecule has 0 atom stereocenters. The Kier molecular flexibility index (Phi) is 2.83. The van der Waals surface area contributed by atoms with Gasteiger partial charge in [-0.3, -0.25) is 0 Å². The number of nitrogens with zero attached hydrogens (tertiary/aromatic N) is 1. The third-order valence-corrected chi connectivity index (χ3v) is 4.51. The van der Waals surface area contributed by atoms with Crippen molar-refractivity contribution in [2.75, 3.05) is 31.2 Å². The molecule has 1 saturated heterocycles. The second-order valence-corrected chi connectivity index (χ2v) is 5.24. The van der Waals surface area contributed by atoms with Crippen LogP contribution in [0.15, 0.2) is 24.3 Å². The van der Waals surface area contributed by atoms with Crippen molar-refractivity contribution in [1.29, 1.82) is 0 Å². The van der Waals surface area contributed by atoms with E-state index < -0.39 is 0 Å². The van der Waals surface area contributed by atoms with Gasteiger partial charge in [-0.25, -0.2) is 0 Å². The molecular weight excluding hydrogens is 210 g/mol. The minimum Gasteiger partial charge on any atom is -0.381 e. The molecule has 2 aliphatic heterocycles. The van der Waals surface area contributed by atoms with E-state index in [0.29, 0.717) is 5.41 Å². The van der Waals surface area contributed by atoms with Crippen molar-refractivity contribution in [3.8, 4) is 0 Å². The molecule has 2 heteroatoms. The van der Waals surface area contributed by atoms with Gasteiger partial charge < -0.3 is 9.64 Å². The maximum Gasteiger partial charge on any atom is 0.0474 e. The van der Waals surface area contributed by atoms with Crippen LogP contribution in [-0.2, 0) is 10.2 Å². The average Bonchev–Trinajstić information content (AvgIpc) is 2.41. The van der Waals surface area contributed by atoms with Crippen LogP contribution >= 0.6 is 0 Å². The van der Waals surface area contributed by atoms with Gasteiger partial charge in [-0.1, -0.05) is 18.2 Å². The van der Waals surface area contributed by atoms with Crippen LogP contribution in [-0.4, -0.2) is 26.3 Å². The predicted molar refractivity (Wildman–Crippen MR) is 70.7 cm³/mol. The zero-order chi connectivity index (χ0) is 11.7. The Bertz CT molecular complexity index is 396. The second-order valence-electron chi connectivity index (χ2n) is 5.24. The maximum atomic E-state index is 5.55. The molecule has 0 radical (unpaired) electrons. The minimum atomic E-state index is 0.403. The first kappa shape index (κ1) is 11.1. The Hall–Kier alpha value is -1.02. The van der Waals surface area contributed by atoms with Gasteiger partial charge in [0.15, 0.2) is 0 Å². The lowest BCUT2D eigenvalue weighted by Gasteiger charge is -2.46. The number of benzene rings is 1. The van der Waals surface area contributed by atoms with Crippen LogP contribution in [0.3, 0.4) is 0 Å². The van der Waals surface area contributed by atoms with Crippen molar-refractivity contribution in [2.45, 2.75) is 31.6 Å². The summed E-state index contributed by atoms with van der Waals surface area (Å²) < 4.78 is 5.55. The summed E-state index contributed by atoms with van der Waals surface area (Å²) in [4.78, 5) is 2.51. The van der Waals surface area contributed by atoms with Crippen molar-refractivity contribution in [3.05, 3.63) is 29.8 Å². The lowest BCUT2D eigenvalue weighted by Crippen LogP contribution is -2.43. The molecule has 92 valence electrons. The molecule has 17 heavy (non-hydrogen) atoms. The van der Waals surface area contributed by atoms with E-state index in [9.17, 15) is 0 Å². The maximum absolute atomic E-state index is 5.55. The third-order valence-electron chi connectivity index (χ3n) is 4.51. The number of hydrogen-bond donors (Lipinski definition) is 0. The SMILES string of the molecule is CCN1CCC2(CCOCC2)c2ccccc21. The van der Waals surface area contributed by atoms with Gasteiger partial charge in [0.25, 0.3) is 0 Å². The van der Waals surface area contributed by atoms with Crippen LogP contribution in [0.25, 0.3) is 0 Å². The first-order chi connectivity index (χ1) is 8.36. The Labute approximate surface area is 104 Å². The summed E-state index contributed by atoms with van der Waals surface area (Å²) in [5.41, 5.74) is 3.43. The number of fused-ring (bicyclic) bond motifs is 2. The summed E-state index contributed by atoms with van der Waals surface area (Å²) in [6, 6.07) is 8.98. The van der Waals surface area contributed by atoms with Crippen LogP contribution in [0.2, 0.25) is 0 Å². The van der Waals surface area contributed by atoms with E-state index in [1.807, 2.05) is 0 Å². The lowest BCUT2D eigenvalue weighted by atomic mass is 9.69. The number of hydrogen-bond acceptors (Lipinski definition) is 2. The molecule has 1 fully saturated rings. The molecule has 2 aliphatic rings. The van der Waals surface area contributed by atoms with Crippen molar-refractivity contribution < 1.29 is 4.74 Å². The highest BCUT2D eigenvalue weighted by Crippen LogP contribution is 2.45. The topological polar surface area (TPSA) is 12.5 Å².